The number of hydrogen-bond donors (Lipinski definition) is 0. The van der Waals surface area contributed by atoms with Crippen LogP contribution in [0.3, 0.4) is 0 Å². The molecule has 8 rings (SSSR count). The van der Waals surface area contributed by atoms with Crippen molar-refractivity contribution in [3.05, 3.63) is 59.7 Å². The van der Waals surface area contributed by atoms with Gasteiger partial charge in [-0.15, -0.1) is 0 Å². The zero-order chi connectivity index (χ0) is 22.0. The third-order valence-corrected chi connectivity index (χ3v) is 9.96. The monoisotopic (exact) mass is 558 g/mol. The van der Waals surface area contributed by atoms with E-state index in [0.717, 1.165) is 41.8 Å². The molecule has 5 heteroatoms. The van der Waals surface area contributed by atoms with Gasteiger partial charge in [-0.25, -0.2) is 0 Å². The molecule has 0 spiro atoms. The molecule has 2 aromatic rings. The molecule has 174 valence electrons. The van der Waals surface area contributed by atoms with Crippen molar-refractivity contribution in [1.29, 1.82) is 0 Å². The molecule has 0 amide bonds. The van der Waals surface area contributed by atoms with E-state index in [4.69, 9.17) is 18.9 Å². The molecule has 2 heterocycles. The summed E-state index contributed by atoms with van der Waals surface area (Å²) in [4.78, 5) is 0. The van der Waals surface area contributed by atoms with Crippen molar-refractivity contribution in [3.8, 4) is 11.5 Å². The van der Waals surface area contributed by atoms with E-state index in [2.05, 4.69) is 71.1 Å². The van der Waals surface area contributed by atoms with Gasteiger partial charge in [0.2, 0.25) is 0 Å². The fourth-order valence-electron chi connectivity index (χ4n) is 7.46. The number of epoxide rings is 2. The van der Waals surface area contributed by atoms with Crippen molar-refractivity contribution in [3.63, 3.8) is 0 Å². The second kappa shape index (κ2) is 8.13. The molecule has 3 unspecified atom stereocenters. The maximum absolute atomic E-state index is 6.01. The molecule has 6 fully saturated rings. The fraction of sp³-hybridized carbons (Fsp3) is 0.571. The van der Waals surface area contributed by atoms with Crippen LogP contribution in [0.2, 0.25) is 0 Å². The highest BCUT2D eigenvalue weighted by Crippen LogP contribution is 2.65. The van der Waals surface area contributed by atoms with E-state index in [0.29, 0.717) is 17.3 Å². The van der Waals surface area contributed by atoms with Crippen LogP contribution in [0, 0.1) is 23.7 Å². The molecule has 6 aliphatic rings. The molecule has 0 aromatic heterocycles. The van der Waals surface area contributed by atoms with Gasteiger partial charge in [0.25, 0.3) is 0 Å². The highest BCUT2D eigenvalue weighted by molar-refractivity contribution is 14.1. The quantitative estimate of drug-likeness (QED) is 0.235. The van der Waals surface area contributed by atoms with Gasteiger partial charge in [0.1, 0.15) is 41.0 Å². The number of halogens is 1. The SMILES string of the molecule is IC1OC1COc1ccc(C2(c3ccc(OCC4CO4)cc3)C3CC4CC(C3)CC2C4)cc1. The summed E-state index contributed by atoms with van der Waals surface area (Å²) < 4.78 is 23.0. The van der Waals surface area contributed by atoms with E-state index in [1.165, 1.54) is 43.2 Å². The van der Waals surface area contributed by atoms with Gasteiger partial charge < -0.3 is 18.9 Å². The highest BCUT2D eigenvalue weighted by Gasteiger charge is 2.58. The topological polar surface area (TPSA) is 43.5 Å². The summed E-state index contributed by atoms with van der Waals surface area (Å²) in [5.74, 6) is 5.22. The molecule has 2 aliphatic heterocycles. The van der Waals surface area contributed by atoms with Crippen molar-refractivity contribution < 1.29 is 18.9 Å². The molecular weight excluding hydrogens is 527 g/mol. The van der Waals surface area contributed by atoms with Crippen molar-refractivity contribution in [1.82, 2.24) is 0 Å². The number of rotatable bonds is 8. The van der Waals surface area contributed by atoms with Gasteiger partial charge in [0, 0.05) is 5.41 Å². The van der Waals surface area contributed by atoms with Crippen LogP contribution >= 0.6 is 22.6 Å². The summed E-state index contributed by atoms with van der Waals surface area (Å²) in [6.07, 6.45) is 7.49. The first-order chi connectivity index (χ1) is 16.2. The minimum Gasteiger partial charge on any atom is -0.491 e. The van der Waals surface area contributed by atoms with Crippen molar-refractivity contribution in [2.24, 2.45) is 23.7 Å². The largest absolute Gasteiger partial charge is 0.491 e. The number of alkyl halides is 1. The molecular formula is C28H31IO4. The Balaban J connectivity index is 1.20. The molecule has 0 radical (unpaired) electrons. The van der Waals surface area contributed by atoms with Gasteiger partial charge in [-0.1, -0.05) is 24.3 Å². The second-order valence-corrected chi connectivity index (χ2v) is 12.1. The fourth-order valence-corrected chi connectivity index (χ4v) is 8.04. The van der Waals surface area contributed by atoms with Gasteiger partial charge in [-0.2, -0.15) is 0 Å². The van der Waals surface area contributed by atoms with Crippen molar-refractivity contribution in [2.45, 2.75) is 53.8 Å². The zero-order valence-electron chi connectivity index (χ0n) is 18.8. The summed E-state index contributed by atoms with van der Waals surface area (Å²) in [6.45, 7) is 2.13. The van der Waals surface area contributed by atoms with Crippen molar-refractivity contribution in [2.75, 3.05) is 19.8 Å². The summed E-state index contributed by atoms with van der Waals surface area (Å²) in [5.41, 5.74) is 3.05. The average Bonchev–Trinajstić information content (AvgIpc) is 3.76. The van der Waals surface area contributed by atoms with E-state index in [9.17, 15) is 0 Å². The lowest BCUT2D eigenvalue weighted by Gasteiger charge is -2.62. The molecule has 0 N–H and O–H groups in total. The van der Waals surface area contributed by atoms with Crippen LogP contribution in [0.15, 0.2) is 48.5 Å². The molecule has 4 bridgehead atoms. The van der Waals surface area contributed by atoms with Crippen LogP contribution in [0.1, 0.15) is 43.2 Å². The first-order valence-corrected chi connectivity index (χ1v) is 13.8. The van der Waals surface area contributed by atoms with Gasteiger partial charge in [-0.3, -0.25) is 0 Å². The minimum absolute atomic E-state index is 0.108. The summed E-state index contributed by atoms with van der Waals surface area (Å²) in [7, 11) is 0. The van der Waals surface area contributed by atoms with Crippen molar-refractivity contribution >= 4 is 22.6 Å². The predicted molar refractivity (Wildman–Crippen MR) is 134 cm³/mol. The Hall–Kier alpha value is -1.31. The highest BCUT2D eigenvalue weighted by atomic mass is 127. The standard InChI is InChI=1S/C28H31IO4/c29-27-26(33-27)16-32-24-7-3-20(4-8-24)28(21-10-17-9-18(12-21)13-22(28)11-17)19-1-5-23(6-2-19)30-14-25-15-31-25/h1-8,17-18,21-22,25-27H,9-16H2. The summed E-state index contributed by atoms with van der Waals surface area (Å²) >= 11 is 2.32. The third-order valence-electron chi connectivity index (χ3n) is 8.86. The Kier molecular flexibility index (Phi) is 5.18. The molecule has 4 saturated carbocycles. The lowest BCUT2D eigenvalue weighted by Crippen LogP contribution is -2.56. The zero-order valence-corrected chi connectivity index (χ0v) is 21.0. The van der Waals surface area contributed by atoms with Crippen LogP contribution in [0.4, 0.5) is 0 Å². The van der Waals surface area contributed by atoms with Crippen LogP contribution in [-0.2, 0) is 14.9 Å². The van der Waals surface area contributed by atoms with E-state index >= 15 is 0 Å². The Morgan fingerprint density at radius 1 is 0.758 bits per heavy atom. The van der Waals surface area contributed by atoms with Gasteiger partial charge in [0.05, 0.1) is 6.61 Å². The Labute approximate surface area is 209 Å². The Morgan fingerprint density at radius 3 is 1.70 bits per heavy atom. The minimum atomic E-state index is 0.108. The maximum atomic E-state index is 6.01. The molecule has 4 nitrogen and oxygen atoms in total. The van der Waals surface area contributed by atoms with E-state index in [-0.39, 0.29) is 17.6 Å². The smallest absolute Gasteiger partial charge is 0.138 e. The Morgan fingerprint density at radius 2 is 1.24 bits per heavy atom. The molecule has 33 heavy (non-hydrogen) atoms. The second-order valence-electron chi connectivity index (χ2n) is 10.8. The average molecular weight is 558 g/mol. The molecule has 2 saturated heterocycles. The van der Waals surface area contributed by atoms with Gasteiger partial charge >= 0.3 is 0 Å². The lowest BCUT2D eigenvalue weighted by molar-refractivity contribution is -0.0418. The lowest BCUT2D eigenvalue weighted by atomic mass is 9.42. The third kappa shape index (κ3) is 3.79. The normalized spacial score (nSPS) is 40.0. The first-order valence-electron chi connectivity index (χ1n) is 12.6. The van der Waals surface area contributed by atoms with Crippen LogP contribution in [0.5, 0.6) is 11.5 Å². The predicted octanol–water partition coefficient (Wildman–Crippen LogP) is 5.75. The van der Waals surface area contributed by atoms with E-state index in [1.807, 2.05) is 0 Å². The van der Waals surface area contributed by atoms with E-state index < -0.39 is 0 Å². The molecule has 4 aliphatic carbocycles. The van der Waals surface area contributed by atoms with E-state index in [1.54, 1.807) is 0 Å². The summed E-state index contributed by atoms with van der Waals surface area (Å²) in [5, 5.41) is 0. The maximum Gasteiger partial charge on any atom is 0.138 e. The molecule has 2 aromatic carbocycles. The number of hydrogen-bond acceptors (Lipinski definition) is 4. The summed E-state index contributed by atoms with van der Waals surface area (Å²) in [6, 6.07) is 18.1. The van der Waals surface area contributed by atoms with Crippen LogP contribution in [0.25, 0.3) is 0 Å². The van der Waals surface area contributed by atoms with Crippen LogP contribution < -0.4 is 9.47 Å². The van der Waals surface area contributed by atoms with Gasteiger partial charge in [-0.05, 0) is 114 Å². The molecule has 3 atom stereocenters. The van der Waals surface area contributed by atoms with Gasteiger partial charge in [0.15, 0.2) is 0 Å². The number of ether oxygens (including phenoxy) is 4. The first kappa shape index (κ1) is 21.0. The Bertz CT molecular complexity index is 972. The van der Waals surface area contributed by atoms with Crippen LogP contribution in [-0.4, -0.2) is 36.1 Å². The number of benzene rings is 2.